The summed E-state index contributed by atoms with van der Waals surface area (Å²) in [5.74, 6) is 1.70. The van der Waals surface area contributed by atoms with Gasteiger partial charge in [0.25, 0.3) is 0 Å². The number of guanidine groups is 1. The van der Waals surface area contributed by atoms with Gasteiger partial charge < -0.3 is 20.4 Å². The van der Waals surface area contributed by atoms with Crippen LogP contribution in [0.2, 0.25) is 0 Å². The molecule has 6 nitrogen and oxygen atoms in total. The molecule has 7 heteroatoms. The van der Waals surface area contributed by atoms with Gasteiger partial charge in [-0.05, 0) is 30.2 Å². The highest BCUT2D eigenvalue weighted by molar-refractivity contribution is 14.0. The Kier molecular flexibility index (Phi) is 8.56. The molecule has 0 bridgehead atoms. The van der Waals surface area contributed by atoms with E-state index in [4.69, 9.17) is 4.74 Å². The summed E-state index contributed by atoms with van der Waals surface area (Å²) in [5, 5.41) is 6.81. The molecule has 3 rings (SSSR count). The van der Waals surface area contributed by atoms with Crippen molar-refractivity contribution in [2.24, 2.45) is 10.4 Å². The summed E-state index contributed by atoms with van der Waals surface area (Å²) in [6.45, 7) is 2.36. The first-order valence-electron chi connectivity index (χ1n) is 9.27. The monoisotopic (exact) mass is 483 g/mol. The molecule has 2 aromatic rings. The van der Waals surface area contributed by atoms with Gasteiger partial charge in [-0.3, -0.25) is 4.99 Å². The zero-order valence-corrected chi connectivity index (χ0v) is 18.5. The lowest BCUT2D eigenvalue weighted by molar-refractivity contribution is 0.0732. The third kappa shape index (κ3) is 5.93. The molecule has 0 saturated heterocycles. The number of H-pyrrole nitrogens is 1. The van der Waals surface area contributed by atoms with Crippen molar-refractivity contribution in [3.05, 3.63) is 42.4 Å². The molecule has 0 aliphatic heterocycles. The number of aromatic nitrogens is 2. The van der Waals surface area contributed by atoms with Crippen molar-refractivity contribution in [3.63, 3.8) is 0 Å². The molecule has 0 radical (unpaired) electrons. The van der Waals surface area contributed by atoms with E-state index < -0.39 is 0 Å². The van der Waals surface area contributed by atoms with Crippen molar-refractivity contribution in [2.75, 3.05) is 27.3 Å². The Bertz CT molecular complexity index is 712. The molecule has 1 heterocycles. The maximum atomic E-state index is 5.26. The highest BCUT2D eigenvalue weighted by Crippen LogP contribution is 2.43. The number of benzene rings is 1. The molecule has 3 N–H and O–H groups in total. The average molecular weight is 483 g/mol. The van der Waals surface area contributed by atoms with Crippen molar-refractivity contribution >= 4 is 29.9 Å². The Hall–Kier alpha value is -1.61. The number of ether oxygens (including phenoxy) is 1. The Balaban J connectivity index is 0.00000261. The first-order chi connectivity index (χ1) is 12.7. The van der Waals surface area contributed by atoms with Gasteiger partial charge in [-0.1, -0.05) is 36.8 Å². The zero-order chi connectivity index (χ0) is 18.2. The van der Waals surface area contributed by atoms with Crippen LogP contribution in [-0.4, -0.2) is 43.2 Å². The number of hydrogen-bond acceptors (Lipinski definition) is 3. The van der Waals surface area contributed by atoms with E-state index >= 15 is 0 Å². The number of aliphatic imine (C=N–C) groups is 1. The number of nitrogens with one attached hydrogen (secondary N) is 3. The predicted molar refractivity (Wildman–Crippen MR) is 120 cm³/mol. The van der Waals surface area contributed by atoms with Crippen LogP contribution in [0, 0.1) is 5.41 Å². The largest absolute Gasteiger partial charge is 0.385 e. The standard InChI is InChI=1S/C20H29N5O.HI/c1-21-19(24-15-20(9-6-10-20)11-12-26-2)23-14-18-22-13-17(25-18)16-7-4-3-5-8-16;/h3-5,7-8,13H,6,9-12,14-15H2,1-2H3,(H,22,25)(H2,21,23,24);1H. The third-order valence-corrected chi connectivity index (χ3v) is 5.24. The molecule has 0 spiro atoms. The minimum absolute atomic E-state index is 0. The van der Waals surface area contributed by atoms with Crippen molar-refractivity contribution in [1.82, 2.24) is 20.6 Å². The number of imidazole rings is 1. The van der Waals surface area contributed by atoms with Crippen LogP contribution in [0.15, 0.2) is 41.5 Å². The first kappa shape index (κ1) is 21.7. The van der Waals surface area contributed by atoms with Crippen LogP contribution in [0.4, 0.5) is 0 Å². The average Bonchev–Trinajstić information content (AvgIpc) is 3.12. The lowest BCUT2D eigenvalue weighted by Crippen LogP contribution is -2.46. The van der Waals surface area contributed by atoms with Gasteiger partial charge in [0, 0.05) is 27.3 Å². The maximum Gasteiger partial charge on any atom is 0.191 e. The van der Waals surface area contributed by atoms with Crippen LogP contribution in [0.1, 0.15) is 31.5 Å². The fourth-order valence-electron chi connectivity index (χ4n) is 3.39. The van der Waals surface area contributed by atoms with Crippen molar-refractivity contribution < 1.29 is 4.74 Å². The molecule has 0 unspecified atom stereocenters. The molecule has 1 aliphatic rings. The van der Waals surface area contributed by atoms with E-state index in [2.05, 4.69) is 37.7 Å². The van der Waals surface area contributed by atoms with E-state index in [0.717, 1.165) is 42.6 Å². The van der Waals surface area contributed by atoms with Gasteiger partial charge in [-0.15, -0.1) is 24.0 Å². The Morgan fingerprint density at radius 1 is 1.26 bits per heavy atom. The fraction of sp³-hybridized carbons (Fsp3) is 0.500. The summed E-state index contributed by atoms with van der Waals surface area (Å²) < 4.78 is 5.26. The summed E-state index contributed by atoms with van der Waals surface area (Å²) >= 11 is 0. The third-order valence-electron chi connectivity index (χ3n) is 5.24. The van der Waals surface area contributed by atoms with Gasteiger partial charge in [0.05, 0.1) is 18.4 Å². The number of nitrogens with zero attached hydrogens (tertiary/aromatic N) is 2. The molecule has 1 fully saturated rings. The Morgan fingerprint density at radius 3 is 2.67 bits per heavy atom. The first-order valence-corrected chi connectivity index (χ1v) is 9.27. The lowest BCUT2D eigenvalue weighted by Gasteiger charge is -2.42. The van der Waals surface area contributed by atoms with E-state index in [0.29, 0.717) is 12.0 Å². The Morgan fingerprint density at radius 2 is 2.04 bits per heavy atom. The Labute approximate surface area is 178 Å². The van der Waals surface area contributed by atoms with Crippen LogP contribution < -0.4 is 10.6 Å². The normalized spacial score (nSPS) is 15.6. The molecule has 0 atom stereocenters. The van der Waals surface area contributed by atoms with E-state index in [9.17, 15) is 0 Å². The minimum Gasteiger partial charge on any atom is -0.385 e. The number of methoxy groups -OCH3 is 1. The topological polar surface area (TPSA) is 74.3 Å². The van der Waals surface area contributed by atoms with Gasteiger partial charge in [0.15, 0.2) is 5.96 Å². The van der Waals surface area contributed by atoms with E-state index in [1.54, 1.807) is 14.2 Å². The SMILES string of the molecule is CN=C(NCc1ncc(-c2ccccc2)[nH]1)NCC1(CCOC)CCC1.I. The summed E-state index contributed by atoms with van der Waals surface area (Å²) in [5.41, 5.74) is 2.52. The van der Waals surface area contributed by atoms with E-state index in [-0.39, 0.29) is 24.0 Å². The van der Waals surface area contributed by atoms with Crippen LogP contribution in [0.25, 0.3) is 11.3 Å². The van der Waals surface area contributed by atoms with Crippen molar-refractivity contribution in [3.8, 4) is 11.3 Å². The second-order valence-electron chi connectivity index (χ2n) is 6.99. The van der Waals surface area contributed by atoms with Gasteiger partial charge in [0.2, 0.25) is 0 Å². The summed E-state index contributed by atoms with van der Waals surface area (Å²) in [6.07, 6.45) is 6.81. The second-order valence-corrected chi connectivity index (χ2v) is 6.99. The summed E-state index contributed by atoms with van der Waals surface area (Å²) in [6, 6.07) is 10.2. The smallest absolute Gasteiger partial charge is 0.191 e. The highest BCUT2D eigenvalue weighted by Gasteiger charge is 2.36. The highest BCUT2D eigenvalue weighted by atomic mass is 127. The zero-order valence-electron chi connectivity index (χ0n) is 16.1. The van der Waals surface area contributed by atoms with Crippen LogP contribution in [0.5, 0.6) is 0 Å². The van der Waals surface area contributed by atoms with Crippen molar-refractivity contribution in [2.45, 2.75) is 32.2 Å². The van der Waals surface area contributed by atoms with Crippen molar-refractivity contribution in [1.29, 1.82) is 0 Å². The van der Waals surface area contributed by atoms with Crippen LogP contribution in [-0.2, 0) is 11.3 Å². The van der Waals surface area contributed by atoms with Crippen LogP contribution in [0.3, 0.4) is 0 Å². The molecular formula is C20H30IN5O. The van der Waals surface area contributed by atoms with Crippen LogP contribution >= 0.6 is 24.0 Å². The maximum absolute atomic E-state index is 5.26. The molecule has 0 amide bonds. The van der Waals surface area contributed by atoms with E-state index in [1.807, 2.05) is 24.4 Å². The molecule has 1 aromatic carbocycles. The number of halogens is 1. The summed E-state index contributed by atoms with van der Waals surface area (Å²) in [7, 11) is 3.57. The molecular weight excluding hydrogens is 453 g/mol. The number of hydrogen-bond donors (Lipinski definition) is 3. The second kappa shape index (κ2) is 10.7. The molecule has 1 aromatic heterocycles. The molecule has 1 saturated carbocycles. The van der Waals surface area contributed by atoms with Gasteiger partial charge in [0.1, 0.15) is 5.82 Å². The quantitative estimate of drug-likeness (QED) is 0.305. The molecule has 27 heavy (non-hydrogen) atoms. The molecule has 148 valence electrons. The number of rotatable bonds is 8. The minimum atomic E-state index is 0. The predicted octanol–water partition coefficient (Wildman–Crippen LogP) is 3.57. The van der Waals surface area contributed by atoms with Gasteiger partial charge in [-0.2, -0.15) is 0 Å². The molecule has 1 aliphatic carbocycles. The van der Waals surface area contributed by atoms with E-state index in [1.165, 1.54) is 19.3 Å². The number of aromatic amines is 1. The summed E-state index contributed by atoms with van der Waals surface area (Å²) in [4.78, 5) is 12.1. The fourth-order valence-corrected chi connectivity index (χ4v) is 3.39. The van der Waals surface area contributed by atoms with Gasteiger partial charge >= 0.3 is 0 Å². The van der Waals surface area contributed by atoms with Gasteiger partial charge in [-0.25, -0.2) is 4.98 Å². The lowest BCUT2D eigenvalue weighted by atomic mass is 9.67.